The molecule has 6 heteroatoms. The van der Waals surface area contributed by atoms with Gasteiger partial charge in [-0.05, 0) is 37.3 Å². The molecule has 0 spiro atoms. The van der Waals surface area contributed by atoms with Crippen LogP contribution in [-0.4, -0.2) is 19.9 Å². The maximum Gasteiger partial charge on any atom is 0.170 e. The highest BCUT2D eigenvalue weighted by atomic mass is 35.5. The number of nitrogens with zero attached hydrogens (tertiary/aromatic N) is 4. The van der Waals surface area contributed by atoms with Crippen molar-refractivity contribution in [3.63, 3.8) is 0 Å². The molecule has 0 saturated heterocycles. The Morgan fingerprint density at radius 3 is 2.74 bits per heavy atom. The van der Waals surface area contributed by atoms with Crippen LogP contribution in [0.15, 0.2) is 41.3 Å². The Labute approximate surface area is 139 Å². The molecular weight excluding hydrogens is 312 g/mol. The lowest BCUT2D eigenvalue weighted by molar-refractivity contribution is 0.386. The van der Waals surface area contributed by atoms with Crippen molar-refractivity contribution in [3.8, 4) is 11.3 Å². The van der Waals surface area contributed by atoms with Crippen LogP contribution in [0.1, 0.15) is 31.0 Å². The highest BCUT2D eigenvalue weighted by molar-refractivity contribution is 6.29. The average molecular weight is 329 g/mol. The van der Waals surface area contributed by atoms with E-state index in [9.17, 15) is 0 Å². The topological polar surface area (TPSA) is 56.7 Å². The zero-order valence-electron chi connectivity index (χ0n) is 13.0. The molecule has 118 valence electrons. The van der Waals surface area contributed by atoms with Gasteiger partial charge in [0, 0.05) is 30.9 Å². The number of aromatic nitrogens is 4. The largest absolute Gasteiger partial charge is 0.356 e. The predicted octanol–water partition coefficient (Wildman–Crippen LogP) is 3.84. The summed E-state index contributed by atoms with van der Waals surface area (Å²) in [6, 6.07) is 5.88. The van der Waals surface area contributed by atoms with Crippen LogP contribution in [0.5, 0.6) is 0 Å². The zero-order chi connectivity index (χ0) is 16.0. The lowest BCUT2D eigenvalue weighted by atomic mass is 9.75. The van der Waals surface area contributed by atoms with Crippen molar-refractivity contribution in [1.29, 1.82) is 0 Å². The summed E-state index contributed by atoms with van der Waals surface area (Å²) in [4.78, 5) is 4.24. The maximum absolute atomic E-state index is 5.93. The van der Waals surface area contributed by atoms with Crippen molar-refractivity contribution in [3.05, 3.63) is 53.2 Å². The van der Waals surface area contributed by atoms with Crippen molar-refractivity contribution in [1.82, 2.24) is 19.9 Å². The summed E-state index contributed by atoms with van der Waals surface area (Å²) in [5, 5.41) is 9.05. The van der Waals surface area contributed by atoms with Gasteiger partial charge in [0.05, 0.1) is 17.5 Å². The smallest absolute Gasteiger partial charge is 0.170 e. The van der Waals surface area contributed by atoms with Gasteiger partial charge in [0.2, 0.25) is 0 Å². The SMILES string of the molecule is Cn1cc(-c2cc(C(C)(c3ccc(Cl)nc3)C3CC3)no2)cn1. The minimum atomic E-state index is -0.207. The monoisotopic (exact) mass is 328 g/mol. The molecule has 4 rings (SSSR count). The predicted molar refractivity (Wildman–Crippen MR) is 87.1 cm³/mol. The van der Waals surface area contributed by atoms with Crippen LogP contribution in [0.2, 0.25) is 5.15 Å². The van der Waals surface area contributed by atoms with Crippen LogP contribution >= 0.6 is 11.6 Å². The van der Waals surface area contributed by atoms with Gasteiger partial charge < -0.3 is 4.52 Å². The summed E-state index contributed by atoms with van der Waals surface area (Å²) < 4.78 is 7.33. The first-order chi connectivity index (χ1) is 11.1. The van der Waals surface area contributed by atoms with Gasteiger partial charge in [-0.3, -0.25) is 4.68 Å². The molecule has 0 N–H and O–H groups in total. The standard InChI is InChI=1S/C17H17ClN4O/c1-17(12-3-4-12,13-5-6-16(18)19-9-13)15-7-14(23-21-15)11-8-20-22(2)10-11/h5-10,12H,3-4H2,1-2H3. The second-order valence-electron chi connectivity index (χ2n) is 6.33. The van der Waals surface area contributed by atoms with Crippen LogP contribution in [0.25, 0.3) is 11.3 Å². The molecule has 0 aliphatic heterocycles. The van der Waals surface area contributed by atoms with Gasteiger partial charge in [0.25, 0.3) is 0 Å². The van der Waals surface area contributed by atoms with Crippen molar-refractivity contribution < 1.29 is 4.52 Å². The third-order valence-electron chi connectivity index (χ3n) is 4.75. The Balaban J connectivity index is 1.76. The molecule has 1 unspecified atom stereocenters. The molecule has 3 aromatic heterocycles. The van der Waals surface area contributed by atoms with E-state index in [4.69, 9.17) is 16.1 Å². The van der Waals surface area contributed by atoms with Gasteiger partial charge in [-0.2, -0.15) is 5.10 Å². The van der Waals surface area contributed by atoms with Gasteiger partial charge in [-0.25, -0.2) is 4.98 Å². The Hall–Kier alpha value is -2.14. The highest BCUT2D eigenvalue weighted by Crippen LogP contribution is 2.51. The second-order valence-corrected chi connectivity index (χ2v) is 6.71. The summed E-state index contributed by atoms with van der Waals surface area (Å²) in [5.74, 6) is 1.29. The fraction of sp³-hybridized carbons (Fsp3) is 0.353. The van der Waals surface area contributed by atoms with Crippen LogP contribution in [0.4, 0.5) is 0 Å². The third-order valence-corrected chi connectivity index (χ3v) is 4.98. The minimum Gasteiger partial charge on any atom is -0.356 e. The van der Waals surface area contributed by atoms with Crippen LogP contribution in [-0.2, 0) is 12.5 Å². The molecule has 0 bridgehead atoms. The second kappa shape index (κ2) is 5.20. The lowest BCUT2D eigenvalue weighted by Crippen LogP contribution is -2.27. The van der Waals surface area contributed by atoms with Crippen LogP contribution in [0, 0.1) is 5.92 Å². The van der Waals surface area contributed by atoms with E-state index in [2.05, 4.69) is 22.2 Å². The first-order valence-electron chi connectivity index (χ1n) is 7.65. The quantitative estimate of drug-likeness (QED) is 0.683. The van der Waals surface area contributed by atoms with Crippen molar-refractivity contribution in [2.75, 3.05) is 0 Å². The summed E-state index contributed by atoms with van der Waals surface area (Å²) >= 11 is 5.93. The van der Waals surface area contributed by atoms with Crippen LogP contribution < -0.4 is 0 Å². The number of pyridine rings is 1. The first kappa shape index (κ1) is 14.5. The fourth-order valence-corrected chi connectivity index (χ4v) is 3.25. The van der Waals surface area contributed by atoms with Crippen molar-refractivity contribution in [2.24, 2.45) is 13.0 Å². The van der Waals surface area contributed by atoms with E-state index in [1.54, 1.807) is 10.9 Å². The minimum absolute atomic E-state index is 0.207. The van der Waals surface area contributed by atoms with Gasteiger partial charge >= 0.3 is 0 Å². The summed E-state index contributed by atoms with van der Waals surface area (Å²) in [5.41, 5.74) is 2.78. The third kappa shape index (κ3) is 2.45. The van der Waals surface area contributed by atoms with E-state index >= 15 is 0 Å². The normalized spacial score (nSPS) is 17.2. The number of hydrogen-bond acceptors (Lipinski definition) is 4. The summed E-state index contributed by atoms with van der Waals surface area (Å²) in [6.45, 7) is 2.21. The van der Waals surface area contributed by atoms with E-state index in [0.29, 0.717) is 11.1 Å². The van der Waals surface area contributed by atoms with Crippen LogP contribution in [0.3, 0.4) is 0 Å². The first-order valence-corrected chi connectivity index (χ1v) is 8.03. The van der Waals surface area contributed by atoms with E-state index in [0.717, 1.165) is 22.6 Å². The van der Waals surface area contributed by atoms with Gasteiger partial charge in [-0.1, -0.05) is 22.8 Å². The lowest BCUT2D eigenvalue weighted by Gasteiger charge is -2.27. The highest BCUT2D eigenvalue weighted by Gasteiger charge is 2.46. The van der Waals surface area contributed by atoms with E-state index in [1.807, 2.05) is 37.6 Å². The Morgan fingerprint density at radius 2 is 2.13 bits per heavy atom. The number of rotatable bonds is 4. The molecule has 3 aromatic rings. The molecule has 0 radical (unpaired) electrons. The molecule has 0 aromatic carbocycles. The van der Waals surface area contributed by atoms with E-state index < -0.39 is 0 Å². The Kier molecular flexibility index (Phi) is 3.27. The summed E-state index contributed by atoms with van der Waals surface area (Å²) in [6.07, 6.45) is 7.92. The van der Waals surface area contributed by atoms with E-state index in [1.165, 1.54) is 12.8 Å². The molecule has 23 heavy (non-hydrogen) atoms. The van der Waals surface area contributed by atoms with Gasteiger partial charge in [0.15, 0.2) is 5.76 Å². The molecule has 1 aliphatic rings. The summed E-state index contributed by atoms with van der Waals surface area (Å²) in [7, 11) is 1.88. The fourth-order valence-electron chi connectivity index (χ4n) is 3.14. The Bertz CT molecular complexity index is 834. The van der Waals surface area contributed by atoms with Crippen molar-refractivity contribution >= 4 is 11.6 Å². The molecule has 1 fully saturated rings. The molecule has 1 aliphatic carbocycles. The molecule has 1 atom stereocenters. The van der Waals surface area contributed by atoms with Gasteiger partial charge in [0.1, 0.15) is 5.15 Å². The zero-order valence-corrected chi connectivity index (χ0v) is 13.8. The Morgan fingerprint density at radius 1 is 1.30 bits per heavy atom. The number of aryl methyl sites for hydroxylation is 1. The van der Waals surface area contributed by atoms with E-state index in [-0.39, 0.29) is 5.41 Å². The molecule has 5 nitrogen and oxygen atoms in total. The molecule has 1 saturated carbocycles. The molecule has 3 heterocycles. The van der Waals surface area contributed by atoms with Crippen molar-refractivity contribution in [2.45, 2.75) is 25.2 Å². The van der Waals surface area contributed by atoms with Gasteiger partial charge in [-0.15, -0.1) is 0 Å². The number of hydrogen-bond donors (Lipinski definition) is 0. The number of halogens is 1. The average Bonchev–Trinajstić information content (AvgIpc) is 3.12. The molecular formula is C17H17ClN4O. The molecule has 0 amide bonds. The maximum atomic E-state index is 5.93.